The third kappa shape index (κ3) is 5.70. The zero-order valence-corrected chi connectivity index (χ0v) is 13.8. The normalized spacial score (nSPS) is 15.4. The monoisotopic (exact) mass is 321 g/mol. The molecule has 0 unspecified atom stereocenters. The molecule has 0 spiro atoms. The zero-order valence-electron chi connectivity index (χ0n) is 13.1. The minimum Gasteiger partial charge on any atom is -0.377 e. The van der Waals surface area contributed by atoms with Gasteiger partial charge in [0.05, 0.1) is 19.8 Å². The Balaban J connectivity index is 1.84. The second-order valence-corrected chi connectivity index (χ2v) is 5.56. The molecule has 4 nitrogen and oxygen atoms in total. The molecule has 1 aromatic carbocycles. The fourth-order valence-electron chi connectivity index (χ4n) is 2.27. The molecule has 1 aliphatic rings. The second kappa shape index (κ2) is 9.49. The molecule has 2 rings (SSSR count). The lowest BCUT2D eigenvalue weighted by atomic mass is 10.1. The van der Waals surface area contributed by atoms with E-state index < -0.39 is 0 Å². The lowest BCUT2D eigenvalue weighted by Crippen LogP contribution is -2.38. The third-order valence-corrected chi connectivity index (χ3v) is 3.87. The Hall–Kier alpha value is -1.52. The van der Waals surface area contributed by atoms with Crippen molar-refractivity contribution in [1.29, 1.82) is 0 Å². The van der Waals surface area contributed by atoms with Crippen molar-refractivity contribution in [1.82, 2.24) is 10.6 Å². The van der Waals surface area contributed by atoms with Crippen LogP contribution < -0.4 is 10.6 Å². The van der Waals surface area contributed by atoms with E-state index in [4.69, 9.17) is 16.3 Å². The lowest BCUT2D eigenvalue weighted by molar-refractivity contribution is 0.153. The molecule has 2 N–H and O–H groups in total. The molecule has 1 aromatic rings. The molecule has 0 bridgehead atoms. The van der Waals surface area contributed by atoms with Crippen molar-refractivity contribution < 1.29 is 4.74 Å². The van der Waals surface area contributed by atoms with E-state index in [1.165, 1.54) is 5.57 Å². The third-order valence-electron chi connectivity index (χ3n) is 3.51. The van der Waals surface area contributed by atoms with E-state index in [9.17, 15) is 0 Å². The van der Waals surface area contributed by atoms with Gasteiger partial charge >= 0.3 is 0 Å². The van der Waals surface area contributed by atoms with Crippen LogP contribution in [0.4, 0.5) is 0 Å². The Labute approximate surface area is 137 Å². The summed E-state index contributed by atoms with van der Waals surface area (Å²) < 4.78 is 5.32. The molecule has 0 fully saturated rings. The molecule has 5 heteroatoms. The van der Waals surface area contributed by atoms with Gasteiger partial charge in [0.15, 0.2) is 5.96 Å². The minimum absolute atomic E-state index is 0.575. The Morgan fingerprint density at radius 2 is 2.18 bits per heavy atom. The van der Waals surface area contributed by atoms with E-state index in [-0.39, 0.29) is 0 Å². The number of guanidine groups is 1. The van der Waals surface area contributed by atoms with Crippen LogP contribution in [-0.4, -0.2) is 32.3 Å². The molecule has 0 aliphatic carbocycles. The summed E-state index contributed by atoms with van der Waals surface area (Å²) in [6.07, 6.45) is 4.24. The highest BCUT2D eigenvalue weighted by atomic mass is 35.5. The highest BCUT2D eigenvalue weighted by Crippen LogP contribution is 2.15. The quantitative estimate of drug-likeness (QED) is 0.481. The van der Waals surface area contributed by atoms with Gasteiger partial charge in [0, 0.05) is 18.1 Å². The summed E-state index contributed by atoms with van der Waals surface area (Å²) in [7, 11) is 0. The van der Waals surface area contributed by atoms with Crippen molar-refractivity contribution in [3.05, 3.63) is 46.5 Å². The van der Waals surface area contributed by atoms with Crippen molar-refractivity contribution in [2.24, 2.45) is 4.99 Å². The first kappa shape index (κ1) is 16.8. The molecule has 22 heavy (non-hydrogen) atoms. The van der Waals surface area contributed by atoms with E-state index in [2.05, 4.69) is 28.6 Å². The van der Waals surface area contributed by atoms with E-state index in [1.54, 1.807) is 0 Å². The summed E-state index contributed by atoms with van der Waals surface area (Å²) in [5.41, 5.74) is 2.49. The fourth-order valence-corrected chi connectivity index (χ4v) is 2.46. The van der Waals surface area contributed by atoms with Crippen LogP contribution in [0.3, 0.4) is 0 Å². The molecule has 0 radical (unpaired) electrons. The summed E-state index contributed by atoms with van der Waals surface area (Å²) in [5.74, 6) is 0.829. The van der Waals surface area contributed by atoms with Crippen molar-refractivity contribution in [2.45, 2.75) is 26.3 Å². The summed E-state index contributed by atoms with van der Waals surface area (Å²) in [6.45, 7) is 5.94. The van der Waals surface area contributed by atoms with Crippen LogP contribution >= 0.6 is 11.6 Å². The zero-order chi connectivity index (χ0) is 15.6. The maximum atomic E-state index is 6.16. The molecule has 1 aliphatic heterocycles. The van der Waals surface area contributed by atoms with Gasteiger partial charge < -0.3 is 15.4 Å². The molecule has 1 heterocycles. The number of hydrogen-bond donors (Lipinski definition) is 2. The first-order valence-corrected chi connectivity index (χ1v) is 8.18. The highest BCUT2D eigenvalue weighted by molar-refractivity contribution is 6.31. The fraction of sp³-hybridized carbons (Fsp3) is 0.471. The smallest absolute Gasteiger partial charge is 0.191 e. The number of aliphatic imine (C=N–C) groups is 1. The maximum Gasteiger partial charge on any atom is 0.191 e. The summed E-state index contributed by atoms with van der Waals surface area (Å²) in [4.78, 5) is 4.59. The van der Waals surface area contributed by atoms with Gasteiger partial charge in [-0.25, -0.2) is 4.99 Å². The Bertz CT molecular complexity index is 528. The second-order valence-electron chi connectivity index (χ2n) is 5.15. The topological polar surface area (TPSA) is 45.7 Å². The summed E-state index contributed by atoms with van der Waals surface area (Å²) in [6, 6.07) is 7.81. The SMILES string of the molecule is CCNC(=NCc1ccccc1Cl)NCCC1=CCOCC1. The average molecular weight is 322 g/mol. The Morgan fingerprint density at radius 1 is 1.32 bits per heavy atom. The lowest BCUT2D eigenvalue weighted by Gasteiger charge is -2.15. The molecular weight excluding hydrogens is 298 g/mol. The number of benzene rings is 1. The van der Waals surface area contributed by atoms with Gasteiger partial charge in [-0.2, -0.15) is 0 Å². The van der Waals surface area contributed by atoms with Crippen molar-refractivity contribution in [3.8, 4) is 0 Å². The number of ether oxygens (including phenoxy) is 1. The van der Waals surface area contributed by atoms with Crippen LogP contribution in [0.1, 0.15) is 25.3 Å². The van der Waals surface area contributed by atoms with E-state index >= 15 is 0 Å². The highest BCUT2D eigenvalue weighted by Gasteiger charge is 2.04. The van der Waals surface area contributed by atoms with E-state index in [0.29, 0.717) is 6.54 Å². The molecule has 0 aromatic heterocycles. The molecule has 0 atom stereocenters. The minimum atomic E-state index is 0.575. The first-order chi connectivity index (χ1) is 10.8. The van der Waals surface area contributed by atoms with Crippen molar-refractivity contribution in [3.63, 3.8) is 0 Å². The number of nitrogens with one attached hydrogen (secondary N) is 2. The van der Waals surface area contributed by atoms with Crippen LogP contribution in [0.15, 0.2) is 40.9 Å². The number of nitrogens with zero attached hydrogens (tertiary/aromatic N) is 1. The predicted octanol–water partition coefficient (Wildman–Crippen LogP) is 3.13. The summed E-state index contributed by atoms with van der Waals surface area (Å²) in [5, 5.41) is 7.39. The van der Waals surface area contributed by atoms with E-state index in [1.807, 2.05) is 24.3 Å². The van der Waals surface area contributed by atoms with Gasteiger partial charge in [0.1, 0.15) is 0 Å². The van der Waals surface area contributed by atoms with Gasteiger partial charge in [-0.15, -0.1) is 0 Å². The van der Waals surface area contributed by atoms with Crippen LogP contribution in [0.5, 0.6) is 0 Å². The Morgan fingerprint density at radius 3 is 2.91 bits per heavy atom. The standard InChI is InChI=1S/C17H24ClN3O/c1-2-19-17(20-10-7-14-8-11-22-12-9-14)21-13-15-5-3-4-6-16(15)18/h3-6,8H,2,7,9-13H2,1H3,(H2,19,20,21). The number of rotatable bonds is 6. The van der Waals surface area contributed by atoms with Crippen LogP contribution in [0, 0.1) is 0 Å². The van der Waals surface area contributed by atoms with E-state index in [0.717, 1.165) is 55.7 Å². The van der Waals surface area contributed by atoms with Crippen LogP contribution in [0.2, 0.25) is 5.02 Å². The Kier molecular flexibility index (Phi) is 7.26. The van der Waals surface area contributed by atoms with Gasteiger partial charge in [0.2, 0.25) is 0 Å². The average Bonchev–Trinajstić information content (AvgIpc) is 2.55. The molecule has 0 saturated carbocycles. The van der Waals surface area contributed by atoms with Gasteiger partial charge in [-0.3, -0.25) is 0 Å². The van der Waals surface area contributed by atoms with Gasteiger partial charge in [0.25, 0.3) is 0 Å². The van der Waals surface area contributed by atoms with Crippen LogP contribution in [0.25, 0.3) is 0 Å². The molecule has 0 saturated heterocycles. The molecule has 120 valence electrons. The number of halogens is 1. The predicted molar refractivity (Wildman–Crippen MR) is 92.4 cm³/mol. The largest absolute Gasteiger partial charge is 0.377 e. The summed E-state index contributed by atoms with van der Waals surface area (Å²) >= 11 is 6.16. The molecular formula is C17H24ClN3O. The van der Waals surface area contributed by atoms with Crippen LogP contribution in [-0.2, 0) is 11.3 Å². The first-order valence-electron chi connectivity index (χ1n) is 7.81. The molecule has 0 amide bonds. The van der Waals surface area contributed by atoms with Gasteiger partial charge in [-0.05, 0) is 31.4 Å². The van der Waals surface area contributed by atoms with Crippen molar-refractivity contribution >= 4 is 17.6 Å². The maximum absolute atomic E-state index is 6.16. The van der Waals surface area contributed by atoms with Crippen molar-refractivity contribution in [2.75, 3.05) is 26.3 Å². The number of hydrogen-bond acceptors (Lipinski definition) is 2. The van der Waals surface area contributed by atoms with Gasteiger partial charge in [-0.1, -0.05) is 41.4 Å².